The zero-order valence-corrected chi connectivity index (χ0v) is 19.9. The van der Waals surface area contributed by atoms with Crippen molar-refractivity contribution in [3.8, 4) is 0 Å². The molecule has 0 aromatic heterocycles. The number of fused-ring (bicyclic) bond motifs is 5. The van der Waals surface area contributed by atoms with E-state index in [1.807, 2.05) is 6.08 Å². The number of esters is 1. The van der Waals surface area contributed by atoms with Crippen molar-refractivity contribution < 1.29 is 19.1 Å². The van der Waals surface area contributed by atoms with Gasteiger partial charge in [-0.15, -0.1) is 0 Å². The molecular formula is C27H40O4. The monoisotopic (exact) mass is 428 g/mol. The third kappa shape index (κ3) is 3.43. The number of ketones is 2. The van der Waals surface area contributed by atoms with Crippen LogP contribution >= 0.6 is 0 Å². The van der Waals surface area contributed by atoms with Gasteiger partial charge in [0.05, 0.1) is 0 Å². The lowest BCUT2D eigenvalue weighted by Crippen LogP contribution is -2.58. The van der Waals surface area contributed by atoms with E-state index in [4.69, 9.17) is 4.74 Å². The lowest BCUT2D eigenvalue weighted by atomic mass is 9.46. The summed E-state index contributed by atoms with van der Waals surface area (Å²) in [7, 11) is 0. The van der Waals surface area contributed by atoms with Crippen LogP contribution < -0.4 is 0 Å². The molecule has 0 aliphatic heterocycles. The predicted molar refractivity (Wildman–Crippen MR) is 120 cm³/mol. The quantitative estimate of drug-likeness (QED) is 0.386. The van der Waals surface area contributed by atoms with Crippen LogP contribution in [0, 0.1) is 28.6 Å². The molecule has 172 valence electrons. The van der Waals surface area contributed by atoms with Gasteiger partial charge in [-0.2, -0.15) is 0 Å². The molecule has 0 heterocycles. The summed E-state index contributed by atoms with van der Waals surface area (Å²) in [4.78, 5) is 37.8. The molecule has 4 nitrogen and oxygen atoms in total. The summed E-state index contributed by atoms with van der Waals surface area (Å²) >= 11 is 0. The van der Waals surface area contributed by atoms with E-state index in [0.29, 0.717) is 37.0 Å². The molecule has 0 saturated heterocycles. The predicted octanol–water partition coefficient (Wildman–Crippen LogP) is 5.97. The van der Waals surface area contributed by atoms with Gasteiger partial charge in [0.2, 0.25) is 0 Å². The average molecular weight is 429 g/mol. The van der Waals surface area contributed by atoms with Gasteiger partial charge in [-0.25, -0.2) is 0 Å². The Hall–Kier alpha value is -1.45. The molecule has 6 atom stereocenters. The highest BCUT2D eigenvalue weighted by molar-refractivity contribution is 5.91. The minimum Gasteiger partial charge on any atom is -0.450 e. The van der Waals surface area contributed by atoms with E-state index >= 15 is 0 Å². The summed E-state index contributed by atoms with van der Waals surface area (Å²) in [6, 6.07) is 0. The topological polar surface area (TPSA) is 60.4 Å². The summed E-state index contributed by atoms with van der Waals surface area (Å²) in [5, 5.41) is 0. The lowest BCUT2D eigenvalue weighted by molar-refractivity contribution is -0.189. The third-order valence-corrected chi connectivity index (χ3v) is 9.92. The van der Waals surface area contributed by atoms with E-state index in [1.54, 1.807) is 6.92 Å². The van der Waals surface area contributed by atoms with E-state index in [9.17, 15) is 14.4 Å². The van der Waals surface area contributed by atoms with Gasteiger partial charge in [0.15, 0.2) is 17.2 Å². The first kappa shape index (κ1) is 22.7. The maximum Gasteiger partial charge on any atom is 0.306 e. The molecule has 0 aromatic rings. The number of rotatable bonds is 6. The molecule has 0 radical (unpaired) electrons. The number of hydrogen-bond acceptors (Lipinski definition) is 4. The van der Waals surface area contributed by atoms with E-state index in [1.165, 1.54) is 5.57 Å². The summed E-state index contributed by atoms with van der Waals surface area (Å²) in [6.07, 6.45) is 12.6. The van der Waals surface area contributed by atoms with Gasteiger partial charge in [-0.05, 0) is 87.5 Å². The fourth-order valence-corrected chi connectivity index (χ4v) is 8.14. The van der Waals surface area contributed by atoms with Crippen molar-refractivity contribution >= 4 is 17.5 Å². The molecule has 0 spiro atoms. The van der Waals surface area contributed by atoms with Gasteiger partial charge in [0.1, 0.15) is 0 Å². The van der Waals surface area contributed by atoms with E-state index in [2.05, 4.69) is 20.8 Å². The summed E-state index contributed by atoms with van der Waals surface area (Å²) in [5.41, 5.74) is 0.261. The molecule has 4 heteroatoms. The van der Waals surface area contributed by atoms with Gasteiger partial charge < -0.3 is 4.74 Å². The summed E-state index contributed by atoms with van der Waals surface area (Å²) < 4.78 is 6.16. The van der Waals surface area contributed by atoms with Crippen LogP contribution in [0.3, 0.4) is 0 Å². The van der Waals surface area contributed by atoms with E-state index < -0.39 is 5.60 Å². The number of unbranched alkanes of at least 4 members (excludes halogenated alkanes) is 2. The number of Topliss-reactive ketones (excluding diaryl/α,β-unsaturated/α-hetero) is 1. The molecular weight excluding hydrogens is 388 g/mol. The van der Waals surface area contributed by atoms with E-state index in [-0.39, 0.29) is 28.4 Å². The fourth-order valence-electron chi connectivity index (χ4n) is 8.14. The number of hydrogen-bond donors (Lipinski definition) is 0. The Labute approximate surface area is 187 Å². The fraction of sp³-hybridized carbons (Fsp3) is 0.815. The van der Waals surface area contributed by atoms with Crippen molar-refractivity contribution in [2.45, 2.75) is 110 Å². The molecule has 0 aromatic carbocycles. The van der Waals surface area contributed by atoms with Crippen LogP contribution in [0.5, 0.6) is 0 Å². The van der Waals surface area contributed by atoms with Gasteiger partial charge in [-0.3, -0.25) is 14.4 Å². The summed E-state index contributed by atoms with van der Waals surface area (Å²) in [5.74, 6) is 1.66. The molecule has 3 saturated carbocycles. The second-order valence-corrected chi connectivity index (χ2v) is 11.3. The number of carbonyl (C=O) groups is 3. The van der Waals surface area contributed by atoms with Gasteiger partial charge in [0.25, 0.3) is 0 Å². The highest BCUT2D eigenvalue weighted by atomic mass is 16.6. The van der Waals surface area contributed by atoms with Crippen LogP contribution in [0.1, 0.15) is 105 Å². The van der Waals surface area contributed by atoms with Crippen LogP contribution in [0.4, 0.5) is 0 Å². The first-order valence-corrected chi connectivity index (χ1v) is 12.6. The smallest absolute Gasteiger partial charge is 0.306 e. The van der Waals surface area contributed by atoms with Crippen molar-refractivity contribution in [3.05, 3.63) is 11.6 Å². The van der Waals surface area contributed by atoms with Crippen molar-refractivity contribution in [1.82, 2.24) is 0 Å². The highest BCUT2D eigenvalue weighted by Gasteiger charge is 2.67. The van der Waals surface area contributed by atoms with Crippen molar-refractivity contribution in [1.29, 1.82) is 0 Å². The molecule has 4 aliphatic carbocycles. The number of allylic oxidation sites excluding steroid dienone is 1. The van der Waals surface area contributed by atoms with Gasteiger partial charge in [-0.1, -0.05) is 39.2 Å². The van der Waals surface area contributed by atoms with Gasteiger partial charge >= 0.3 is 5.97 Å². The van der Waals surface area contributed by atoms with Crippen LogP contribution in [0.2, 0.25) is 0 Å². The Morgan fingerprint density at radius 3 is 2.48 bits per heavy atom. The van der Waals surface area contributed by atoms with Crippen molar-refractivity contribution in [3.63, 3.8) is 0 Å². The minimum atomic E-state index is -0.953. The second kappa shape index (κ2) is 8.15. The van der Waals surface area contributed by atoms with Crippen LogP contribution in [0.25, 0.3) is 0 Å². The maximum absolute atomic E-state index is 13.1. The van der Waals surface area contributed by atoms with Crippen LogP contribution in [-0.4, -0.2) is 23.1 Å². The number of carbonyl (C=O) groups excluding carboxylic acids is 3. The molecule has 31 heavy (non-hydrogen) atoms. The van der Waals surface area contributed by atoms with Crippen LogP contribution in [0.15, 0.2) is 11.6 Å². The molecule has 0 bridgehead atoms. The van der Waals surface area contributed by atoms with Crippen LogP contribution in [-0.2, 0) is 19.1 Å². The largest absolute Gasteiger partial charge is 0.450 e. The minimum absolute atomic E-state index is 0.0330. The Balaban J connectivity index is 1.59. The molecule has 0 unspecified atom stereocenters. The normalized spacial score (nSPS) is 41.6. The maximum atomic E-state index is 13.1. The molecule has 0 N–H and O–H groups in total. The molecule has 4 aliphatic rings. The Kier molecular flexibility index (Phi) is 5.98. The zero-order chi connectivity index (χ0) is 22.4. The van der Waals surface area contributed by atoms with Gasteiger partial charge in [0, 0.05) is 18.3 Å². The lowest BCUT2D eigenvalue weighted by Gasteiger charge is -2.59. The molecule has 4 rings (SSSR count). The number of ether oxygens (including phenoxy) is 1. The van der Waals surface area contributed by atoms with E-state index in [0.717, 1.165) is 57.8 Å². The zero-order valence-electron chi connectivity index (χ0n) is 19.9. The van der Waals surface area contributed by atoms with Crippen molar-refractivity contribution in [2.24, 2.45) is 28.6 Å². The van der Waals surface area contributed by atoms with Crippen molar-refractivity contribution in [2.75, 3.05) is 0 Å². The Morgan fingerprint density at radius 1 is 1.03 bits per heavy atom. The first-order valence-electron chi connectivity index (χ1n) is 12.6. The first-order chi connectivity index (χ1) is 14.7. The Bertz CT molecular complexity index is 797. The SMILES string of the molecule is CCCCCC(=O)O[C@]1(C(C)=O)CC[C@@H]2[C@@H]3CCC4=CC(=O)CC[C@@]4(C)[C@H]3CC[C@]21C. The summed E-state index contributed by atoms with van der Waals surface area (Å²) in [6.45, 7) is 8.37. The molecule has 0 amide bonds. The Morgan fingerprint density at radius 2 is 1.77 bits per heavy atom. The molecule has 3 fully saturated rings. The standard InChI is InChI=1S/C27H40O4/c1-5-6-7-8-24(30)31-27(18(2)28)16-13-23-21-10-9-19-17-20(29)11-14-25(19,3)22(21)12-15-26(23,27)4/h17,21-23H,5-16H2,1-4H3/t21-,22+,23-,25-,26-,27+/m1/s1. The highest BCUT2D eigenvalue weighted by Crippen LogP contribution is 2.68. The third-order valence-electron chi connectivity index (χ3n) is 9.92. The average Bonchev–Trinajstić information content (AvgIpc) is 3.02. The second-order valence-electron chi connectivity index (χ2n) is 11.3.